The van der Waals surface area contributed by atoms with Gasteiger partial charge in [-0.15, -0.1) is 5.10 Å². The fraction of sp³-hybridized carbons (Fsp3) is 0. The van der Waals surface area contributed by atoms with Gasteiger partial charge in [-0.2, -0.15) is 0 Å². The first kappa shape index (κ1) is 15.2. The van der Waals surface area contributed by atoms with Crippen LogP contribution in [0.1, 0.15) is 31.1 Å². The van der Waals surface area contributed by atoms with E-state index in [2.05, 4.69) is 9.59 Å². The minimum atomic E-state index is -0.794. The molecule has 0 radical (unpaired) electrons. The number of benzene rings is 2. The number of fused-ring (bicyclic) bond motifs is 1. The number of carbonyl (C=O) groups is 3. The normalized spacial score (nSPS) is 13.0. The van der Waals surface area contributed by atoms with Gasteiger partial charge in [-0.1, -0.05) is 33.8 Å². The molecule has 7 nitrogen and oxygen atoms in total. The van der Waals surface area contributed by atoms with E-state index in [1.165, 1.54) is 35.8 Å². The van der Waals surface area contributed by atoms with Gasteiger partial charge in [0.1, 0.15) is 5.69 Å². The number of amides is 2. The Morgan fingerprint density at radius 2 is 1.60 bits per heavy atom. The second kappa shape index (κ2) is 5.91. The summed E-state index contributed by atoms with van der Waals surface area (Å²) < 4.78 is 3.78. The lowest BCUT2D eigenvalue weighted by atomic mass is 10.1. The minimum absolute atomic E-state index is 0.212. The highest BCUT2D eigenvalue weighted by atomic mass is 32.1. The van der Waals surface area contributed by atoms with Crippen LogP contribution in [-0.2, 0) is 4.84 Å². The van der Waals surface area contributed by atoms with Crippen LogP contribution < -0.4 is 0 Å². The van der Waals surface area contributed by atoms with Crippen LogP contribution in [0.2, 0.25) is 0 Å². The molecule has 1 aliphatic heterocycles. The molecule has 0 atom stereocenters. The van der Waals surface area contributed by atoms with Crippen molar-refractivity contribution in [2.75, 3.05) is 0 Å². The average Bonchev–Trinajstić information content (AvgIpc) is 3.26. The van der Waals surface area contributed by atoms with Gasteiger partial charge in [-0.3, -0.25) is 9.59 Å². The third kappa shape index (κ3) is 2.58. The van der Waals surface area contributed by atoms with E-state index in [9.17, 15) is 14.4 Å². The highest BCUT2D eigenvalue weighted by molar-refractivity contribution is 7.03. The van der Waals surface area contributed by atoms with Crippen LogP contribution in [0.4, 0.5) is 0 Å². The molecule has 2 amide bonds. The van der Waals surface area contributed by atoms with E-state index in [0.29, 0.717) is 10.8 Å². The average molecular weight is 351 g/mol. The van der Waals surface area contributed by atoms with Gasteiger partial charge in [0.2, 0.25) is 0 Å². The van der Waals surface area contributed by atoms with Gasteiger partial charge in [0.15, 0.2) is 0 Å². The van der Waals surface area contributed by atoms with Crippen LogP contribution in [0.25, 0.3) is 11.3 Å². The number of nitrogens with zero attached hydrogens (tertiary/aromatic N) is 3. The highest BCUT2D eigenvalue weighted by Crippen LogP contribution is 2.24. The minimum Gasteiger partial charge on any atom is -0.324 e. The number of hydroxylamine groups is 2. The van der Waals surface area contributed by atoms with Crippen molar-refractivity contribution >= 4 is 29.3 Å². The maximum absolute atomic E-state index is 12.2. The number of aromatic nitrogens is 2. The van der Waals surface area contributed by atoms with E-state index in [1.807, 2.05) is 0 Å². The van der Waals surface area contributed by atoms with E-state index in [-0.39, 0.29) is 16.7 Å². The summed E-state index contributed by atoms with van der Waals surface area (Å²) in [5.41, 5.74) is 2.14. The molecule has 2 aromatic carbocycles. The Morgan fingerprint density at radius 1 is 0.960 bits per heavy atom. The SMILES string of the molecule is O=C(ON1C(=O)c2ccccc2C1=O)c1ccc(-c2csnn2)cc1. The van der Waals surface area contributed by atoms with Crippen LogP contribution in [0.15, 0.2) is 53.9 Å². The third-order valence-electron chi connectivity index (χ3n) is 3.71. The van der Waals surface area contributed by atoms with E-state index in [4.69, 9.17) is 4.84 Å². The Balaban J connectivity index is 1.53. The van der Waals surface area contributed by atoms with Crippen LogP contribution in [0.5, 0.6) is 0 Å². The predicted octanol–water partition coefficient (Wildman–Crippen LogP) is 2.57. The molecule has 0 saturated heterocycles. The van der Waals surface area contributed by atoms with Crippen LogP contribution in [0, 0.1) is 0 Å². The lowest BCUT2D eigenvalue weighted by molar-refractivity contribution is -0.0584. The highest BCUT2D eigenvalue weighted by Gasteiger charge is 2.38. The first-order valence-corrected chi connectivity index (χ1v) is 8.06. The van der Waals surface area contributed by atoms with Gasteiger partial charge >= 0.3 is 5.97 Å². The van der Waals surface area contributed by atoms with Crippen LogP contribution in [0.3, 0.4) is 0 Å². The predicted molar refractivity (Wildman–Crippen MR) is 87.7 cm³/mol. The molecule has 2 heterocycles. The zero-order valence-electron chi connectivity index (χ0n) is 12.6. The molecule has 0 saturated carbocycles. The van der Waals surface area contributed by atoms with Gasteiger partial charge in [-0.05, 0) is 35.8 Å². The van der Waals surface area contributed by atoms with Crippen molar-refractivity contribution in [1.82, 2.24) is 14.7 Å². The Morgan fingerprint density at radius 3 is 2.16 bits per heavy atom. The Hall–Kier alpha value is -3.39. The molecule has 4 rings (SSSR count). The van der Waals surface area contributed by atoms with Crippen LogP contribution in [-0.4, -0.2) is 32.4 Å². The van der Waals surface area contributed by atoms with Crippen molar-refractivity contribution in [3.05, 3.63) is 70.6 Å². The van der Waals surface area contributed by atoms with Crippen molar-refractivity contribution in [2.24, 2.45) is 0 Å². The summed E-state index contributed by atoms with van der Waals surface area (Å²) in [6.07, 6.45) is 0. The van der Waals surface area contributed by atoms with Gasteiger partial charge < -0.3 is 4.84 Å². The maximum Gasteiger partial charge on any atom is 0.363 e. The molecule has 0 bridgehead atoms. The largest absolute Gasteiger partial charge is 0.363 e. The van der Waals surface area contributed by atoms with Crippen molar-refractivity contribution in [3.8, 4) is 11.3 Å². The first-order chi connectivity index (χ1) is 12.1. The molecule has 0 spiro atoms. The summed E-state index contributed by atoms with van der Waals surface area (Å²) in [4.78, 5) is 41.6. The summed E-state index contributed by atoms with van der Waals surface area (Å²) in [5.74, 6) is -2.10. The number of carbonyl (C=O) groups excluding carboxylic acids is 3. The second-order valence-electron chi connectivity index (χ2n) is 5.20. The molecule has 25 heavy (non-hydrogen) atoms. The maximum atomic E-state index is 12.2. The number of hydrogen-bond donors (Lipinski definition) is 0. The Bertz CT molecular complexity index is 948. The van der Waals surface area contributed by atoms with Crippen molar-refractivity contribution in [1.29, 1.82) is 0 Å². The van der Waals surface area contributed by atoms with E-state index in [1.54, 1.807) is 29.6 Å². The molecule has 1 aliphatic rings. The smallest absolute Gasteiger partial charge is 0.324 e. The molecule has 0 unspecified atom stereocenters. The monoisotopic (exact) mass is 351 g/mol. The lowest BCUT2D eigenvalue weighted by Gasteiger charge is -2.12. The quantitative estimate of drug-likeness (QED) is 0.674. The molecular formula is C17H9N3O4S. The third-order valence-corrected chi connectivity index (χ3v) is 4.21. The van der Waals surface area contributed by atoms with Crippen molar-refractivity contribution in [3.63, 3.8) is 0 Å². The summed E-state index contributed by atoms with van der Waals surface area (Å²) in [6, 6.07) is 12.8. The molecule has 0 aliphatic carbocycles. The molecule has 3 aromatic rings. The molecule has 0 N–H and O–H groups in total. The molecular weight excluding hydrogens is 342 g/mol. The zero-order valence-corrected chi connectivity index (χ0v) is 13.4. The van der Waals surface area contributed by atoms with E-state index in [0.717, 1.165) is 5.56 Å². The summed E-state index contributed by atoms with van der Waals surface area (Å²) in [6.45, 7) is 0. The summed E-state index contributed by atoms with van der Waals surface area (Å²) in [5, 5.41) is 6.22. The fourth-order valence-corrected chi connectivity index (χ4v) is 2.92. The summed E-state index contributed by atoms with van der Waals surface area (Å²) in [7, 11) is 0. The number of rotatable bonds is 3. The molecule has 122 valence electrons. The first-order valence-electron chi connectivity index (χ1n) is 7.23. The fourth-order valence-electron chi connectivity index (χ4n) is 2.45. The topological polar surface area (TPSA) is 89.5 Å². The zero-order chi connectivity index (χ0) is 17.4. The number of hydrogen-bond acceptors (Lipinski definition) is 7. The van der Waals surface area contributed by atoms with Crippen LogP contribution >= 0.6 is 11.5 Å². The Kier molecular flexibility index (Phi) is 3.58. The van der Waals surface area contributed by atoms with Crippen molar-refractivity contribution < 1.29 is 19.2 Å². The second-order valence-corrected chi connectivity index (χ2v) is 5.81. The Labute approximate surface area is 145 Å². The van der Waals surface area contributed by atoms with Gasteiger partial charge in [0.05, 0.1) is 16.7 Å². The molecule has 8 heteroatoms. The summed E-state index contributed by atoms with van der Waals surface area (Å²) >= 11 is 1.23. The van der Waals surface area contributed by atoms with Crippen molar-refractivity contribution in [2.45, 2.75) is 0 Å². The standard InChI is InChI=1S/C17H9N3O4S/c21-15-12-3-1-2-4-13(12)16(22)20(15)24-17(23)11-7-5-10(6-8-11)14-9-25-19-18-14/h1-9H. The van der Waals surface area contributed by atoms with Gasteiger partial charge in [0.25, 0.3) is 11.8 Å². The van der Waals surface area contributed by atoms with Gasteiger partial charge in [0, 0.05) is 10.9 Å². The van der Waals surface area contributed by atoms with E-state index < -0.39 is 17.8 Å². The number of imide groups is 1. The lowest BCUT2D eigenvalue weighted by Crippen LogP contribution is -2.32. The molecule has 1 aromatic heterocycles. The van der Waals surface area contributed by atoms with E-state index >= 15 is 0 Å². The molecule has 0 fully saturated rings. The van der Waals surface area contributed by atoms with Gasteiger partial charge in [-0.25, -0.2) is 4.79 Å².